The van der Waals surface area contributed by atoms with Crippen molar-refractivity contribution in [3.05, 3.63) is 29.8 Å². The van der Waals surface area contributed by atoms with E-state index >= 15 is 0 Å². The highest BCUT2D eigenvalue weighted by Gasteiger charge is 2.27. The van der Waals surface area contributed by atoms with E-state index < -0.39 is 18.4 Å². The predicted molar refractivity (Wildman–Crippen MR) is 73.4 cm³/mol. The van der Waals surface area contributed by atoms with E-state index in [-0.39, 0.29) is 12.6 Å². The van der Waals surface area contributed by atoms with Crippen molar-refractivity contribution in [3.8, 4) is 0 Å². The first-order valence-electron chi connectivity index (χ1n) is 6.92. The van der Waals surface area contributed by atoms with Gasteiger partial charge in [-0.2, -0.15) is 13.2 Å². The Hall–Kier alpha value is -1.21. The molecule has 0 aliphatic rings. The third kappa shape index (κ3) is 7.38. The highest BCUT2D eigenvalue weighted by Crippen LogP contribution is 2.20. The van der Waals surface area contributed by atoms with E-state index in [0.29, 0.717) is 25.2 Å². The number of alkyl halides is 3. The van der Waals surface area contributed by atoms with Crippen LogP contribution in [-0.2, 0) is 0 Å². The lowest BCUT2D eigenvalue weighted by Crippen LogP contribution is -2.30. The Kier molecular flexibility index (Phi) is 7.04. The van der Waals surface area contributed by atoms with Crippen LogP contribution in [0.4, 0.5) is 17.6 Å². The zero-order chi connectivity index (χ0) is 15.9. The van der Waals surface area contributed by atoms with Crippen LogP contribution in [0.1, 0.15) is 31.5 Å². The molecule has 1 heterocycles. The molecule has 1 rings (SSSR count). The van der Waals surface area contributed by atoms with Crippen LogP contribution in [0.2, 0.25) is 0 Å². The van der Waals surface area contributed by atoms with E-state index in [2.05, 4.69) is 10.3 Å². The summed E-state index contributed by atoms with van der Waals surface area (Å²) in [6.07, 6.45) is -3.19. The van der Waals surface area contributed by atoms with Gasteiger partial charge in [-0.05, 0) is 38.7 Å². The summed E-state index contributed by atoms with van der Waals surface area (Å²) in [6, 6.07) is 2.84. The van der Waals surface area contributed by atoms with E-state index in [1.165, 1.54) is 6.07 Å². The third-order valence-corrected chi connectivity index (χ3v) is 3.13. The Bertz CT molecular complexity index is 406. The van der Waals surface area contributed by atoms with Crippen LogP contribution in [0.25, 0.3) is 0 Å². The van der Waals surface area contributed by atoms with Crippen molar-refractivity contribution in [2.24, 2.45) is 0 Å². The summed E-state index contributed by atoms with van der Waals surface area (Å²) < 4.78 is 49.3. The maximum Gasteiger partial charge on any atom is 0.390 e. The van der Waals surface area contributed by atoms with Gasteiger partial charge in [0.05, 0.1) is 24.4 Å². The monoisotopic (exact) mass is 307 g/mol. The number of halogens is 4. The molecular weight excluding hydrogens is 286 g/mol. The van der Waals surface area contributed by atoms with Gasteiger partial charge in [-0.1, -0.05) is 6.92 Å². The lowest BCUT2D eigenvalue weighted by atomic mass is 10.1. The van der Waals surface area contributed by atoms with Gasteiger partial charge in [-0.15, -0.1) is 0 Å². The molecule has 7 heteroatoms. The van der Waals surface area contributed by atoms with Gasteiger partial charge in [0, 0.05) is 6.54 Å². The predicted octanol–water partition coefficient (Wildman–Crippen LogP) is 3.15. The lowest BCUT2D eigenvalue weighted by Gasteiger charge is -2.22. The molecule has 21 heavy (non-hydrogen) atoms. The fourth-order valence-electron chi connectivity index (χ4n) is 1.97. The van der Waals surface area contributed by atoms with Crippen LogP contribution in [0.5, 0.6) is 0 Å². The second kappa shape index (κ2) is 8.29. The van der Waals surface area contributed by atoms with E-state index in [4.69, 9.17) is 0 Å². The summed E-state index contributed by atoms with van der Waals surface area (Å²) in [5, 5.41) is 3.21. The first-order chi connectivity index (χ1) is 9.81. The summed E-state index contributed by atoms with van der Waals surface area (Å²) >= 11 is 0. The largest absolute Gasteiger partial charge is 0.390 e. The number of nitrogens with zero attached hydrogens (tertiary/aromatic N) is 2. The number of hydrogen-bond acceptors (Lipinski definition) is 3. The first-order valence-corrected chi connectivity index (χ1v) is 6.92. The molecule has 0 aromatic carbocycles. The Morgan fingerprint density at radius 3 is 2.52 bits per heavy atom. The molecule has 3 nitrogen and oxygen atoms in total. The van der Waals surface area contributed by atoms with Crippen molar-refractivity contribution >= 4 is 0 Å². The van der Waals surface area contributed by atoms with E-state index in [1.54, 1.807) is 18.0 Å². The molecule has 0 radical (unpaired) electrons. The highest BCUT2D eigenvalue weighted by molar-refractivity contribution is 5.09. The number of rotatable bonds is 8. The number of nitrogens with one attached hydrogen (secondary N) is 1. The minimum Gasteiger partial charge on any atom is -0.309 e. The molecule has 0 fully saturated rings. The molecule has 0 bridgehead atoms. The summed E-state index contributed by atoms with van der Waals surface area (Å²) in [5.74, 6) is -0.406. The molecule has 0 spiro atoms. The molecule has 1 aromatic heterocycles. The first kappa shape index (κ1) is 17.8. The molecule has 1 N–H and O–H groups in total. The van der Waals surface area contributed by atoms with Gasteiger partial charge in [0.2, 0.25) is 0 Å². The Labute approximate surface area is 122 Å². The maximum atomic E-state index is 12.9. The third-order valence-electron chi connectivity index (χ3n) is 3.13. The van der Waals surface area contributed by atoms with Crippen LogP contribution in [0.15, 0.2) is 18.3 Å². The van der Waals surface area contributed by atoms with Crippen LogP contribution >= 0.6 is 0 Å². The van der Waals surface area contributed by atoms with Gasteiger partial charge in [0.15, 0.2) is 0 Å². The normalized spacial score (nSPS) is 13.7. The van der Waals surface area contributed by atoms with Crippen LogP contribution in [0.3, 0.4) is 0 Å². The molecule has 1 atom stereocenters. The van der Waals surface area contributed by atoms with Crippen LogP contribution in [0, 0.1) is 5.82 Å². The van der Waals surface area contributed by atoms with Crippen molar-refractivity contribution in [2.75, 3.05) is 26.7 Å². The maximum absolute atomic E-state index is 12.9. The molecular formula is C14H21F4N3. The highest BCUT2D eigenvalue weighted by atomic mass is 19.4. The summed E-state index contributed by atoms with van der Waals surface area (Å²) in [5.41, 5.74) is 0.697. The molecule has 1 unspecified atom stereocenters. The van der Waals surface area contributed by atoms with Gasteiger partial charge in [-0.3, -0.25) is 4.98 Å². The second-order valence-electron chi connectivity index (χ2n) is 4.97. The Morgan fingerprint density at radius 2 is 2.00 bits per heavy atom. The number of hydrogen-bond donors (Lipinski definition) is 1. The standard InChI is InChI=1S/C14H21F4N3/c1-3-19-13(12-5-4-11(15)10-20-12)6-8-21(2)9-7-14(16,17)18/h4-5,10,13,19H,3,6-9H2,1-2H3. The van der Waals surface area contributed by atoms with Crippen molar-refractivity contribution in [1.82, 2.24) is 15.2 Å². The lowest BCUT2D eigenvalue weighted by molar-refractivity contribution is -0.137. The zero-order valence-corrected chi connectivity index (χ0v) is 12.3. The average Bonchev–Trinajstić information content (AvgIpc) is 2.41. The summed E-state index contributed by atoms with van der Waals surface area (Å²) in [6.45, 7) is 3.12. The van der Waals surface area contributed by atoms with Gasteiger partial charge in [0.25, 0.3) is 0 Å². The molecule has 0 aliphatic heterocycles. The molecule has 0 saturated heterocycles. The van der Waals surface area contributed by atoms with Crippen LogP contribution in [-0.4, -0.2) is 42.7 Å². The minimum atomic E-state index is -4.13. The van der Waals surface area contributed by atoms with E-state index in [0.717, 1.165) is 6.20 Å². The Balaban J connectivity index is 2.49. The van der Waals surface area contributed by atoms with Gasteiger partial charge >= 0.3 is 6.18 Å². The molecule has 0 saturated carbocycles. The van der Waals surface area contributed by atoms with Crippen molar-refractivity contribution < 1.29 is 17.6 Å². The summed E-state index contributed by atoms with van der Waals surface area (Å²) in [7, 11) is 1.66. The van der Waals surface area contributed by atoms with E-state index in [1.807, 2.05) is 6.92 Å². The smallest absolute Gasteiger partial charge is 0.309 e. The van der Waals surface area contributed by atoms with Crippen molar-refractivity contribution in [3.63, 3.8) is 0 Å². The number of pyridine rings is 1. The van der Waals surface area contributed by atoms with Crippen molar-refractivity contribution in [2.45, 2.75) is 32.0 Å². The van der Waals surface area contributed by atoms with Crippen LogP contribution < -0.4 is 5.32 Å². The van der Waals surface area contributed by atoms with Crippen molar-refractivity contribution in [1.29, 1.82) is 0 Å². The topological polar surface area (TPSA) is 28.2 Å². The quantitative estimate of drug-likeness (QED) is 0.748. The fourth-order valence-corrected chi connectivity index (χ4v) is 1.97. The van der Waals surface area contributed by atoms with Gasteiger partial charge in [-0.25, -0.2) is 4.39 Å². The SMILES string of the molecule is CCNC(CCN(C)CCC(F)(F)F)c1ccc(F)cn1. The molecule has 0 amide bonds. The zero-order valence-electron chi connectivity index (χ0n) is 12.3. The molecule has 1 aromatic rings. The Morgan fingerprint density at radius 1 is 1.29 bits per heavy atom. The average molecular weight is 307 g/mol. The molecule has 0 aliphatic carbocycles. The van der Waals surface area contributed by atoms with Gasteiger partial charge in [0.1, 0.15) is 5.82 Å². The summed E-state index contributed by atoms with van der Waals surface area (Å²) in [4.78, 5) is 5.66. The second-order valence-corrected chi connectivity index (χ2v) is 4.97. The van der Waals surface area contributed by atoms with Gasteiger partial charge < -0.3 is 10.2 Å². The molecule has 120 valence electrons. The van der Waals surface area contributed by atoms with E-state index in [9.17, 15) is 17.6 Å². The number of aromatic nitrogens is 1. The minimum absolute atomic E-state index is 0.0286. The fraction of sp³-hybridized carbons (Fsp3) is 0.643.